The van der Waals surface area contributed by atoms with Crippen molar-refractivity contribution >= 4 is 29.0 Å². The molecule has 0 aliphatic carbocycles. The molecule has 0 fully saturated rings. The van der Waals surface area contributed by atoms with Crippen LogP contribution >= 0.6 is 23.2 Å². The fourth-order valence-electron chi connectivity index (χ4n) is 2.48. The highest BCUT2D eigenvalue weighted by Crippen LogP contribution is 2.34. The molecule has 0 amide bonds. The van der Waals surface area contributed by atoms with Crippen molar-refractivity contribution in [3.8, 4) is 11.5 Å². The van der Waals surface area contributed by atoms with Crippen LogP contribution in [0.3, 0.4) is 0 Å². The molecule has 0 heterocycles. The largest absolute Gasteiger partial charge is 0.496 e. The lowest BCUT2D eigenvalue weighted by Gasteiger charge is -2.15. The van der Waals surface area contributed by atoms with Crippen molar-refractivity contribution in [2.75, 3.05) is 14.2 Å². The number of hydrogen-bond donors (Lipinski definition) is 0. The lowest BCUT2D eigenvalue weighted by molar-refractivity contribution is 0.103. The van der Waals surface area contributed by atoms with E-state index in [1.165, 1.54) is 14.2 Å². The van der Waals surface area contributed by atoms with Crippen LogP contribution in [0.1, 0.15) is 27.0 Å². The fraction of sp³-hybridized carbons (Fsp3) is 0.235. The normalized spacial score (nSPS) is 10.5. The molecule has 0 atom stereocenters. The zero-order chi connectivity index (χ0) is 16.4. The molecule has 0 radical (unpaired) electrons. The molecule has 0 aromatic heterocycles. The lowest BCUT2D eigenvalue weighted by Crippen LogP contribution is -2.08. The van der Waals surface area contributed by atoms with Gasteiger partial charge in [-0.25, -0.2) is 0 Å². The summed E-state index contributed by atoms with van der Waals surface area (Å²) >= 11 is 12.2. The van der Waals surface area contributed by atoms with Gasteiger partial charge in [0.25, 0.3) is 0 Å². The Morgan fingerprint density at radius 1 is 0.818 bits per heavy atom. The number of ether oxygens (including phenoxy) is 2. The molecule has 22 heavy (non-hydrogen) atoms. The van der Waals surface area contributed by atoms with E-state index in [1.54, 1.807) is 24.3 Å². The van der Waals surface area contributed by atoms with Crippen molar-refractivity contribution < 1.29 is 14.3 Å². The minimum atomic E-state index is -0.245. The van der Waals surface area contributed by atoms with Gasteiger partial charge in [-0.2, -0.15) is 0 Å². The third-order valence-electron chi connectivity index (χ3n) is 3.38. The van der Waals surface area contributed by atoms with E-state index in [0.29, 0.717) is 32.7 Å². The van der Waals surface area contributed by atoms with Crippen molar-refractivity contribution in [2.24, 2.45) is 0 Å². The van der Waals surface area contributed by atoms with Gasteiger partial charge in [-0.3, -0.25) is 4.79 Å². The Hall–Kier alpha value is -1.71. The predicted molar refractivity (Wildman–Crippen MR) is 88.9 cm³/mol. The Bertz CT molecular complexity index is 678. The Morgan fingerprint density at radius 2 is 1.18 bits per heavy atom. The highest BCUT2D eigenvalue weighted by atomic mass is 35.5. The second kappa shape index (κ2) is 6.59. The smallest absolute Gasteiger partial charge is 0.200 e. The number of halogens is 2. The van der Waals surface area contributed by atoms with E-state index in [4.69, 9.17) is 32.7 Å². The van der Waals surface area contributed by atoms with Gasteiger partial charge in [0.15, 0.2) is 0 Å². The van der Waals surface area contributed by atoms with Gasteiger partial charge in [0, 0.05) is 10.0 Å². The fourth-order valence-corrected chi connectivity index (χ4v) is 3.03. The van der Waals surface area contributed by atoms with E-state index in [9.17, 15) is 4.79 Å². The first-order chi connectivity index (χ1) is 10.4. The van der Waals surface area contributed by atoms with Gasteiger partial charge in [0.05, 0.1) is 25.3 Å². The summed E-state index contributed by atoms with van der Waals surface area (Å²) in [6, 6.07) is 6.67. The molecule has 116 valence electrons. The number of ketones is 1. The van der Waals surface area contributed by atoms with Crippen LogP contribution in [0.15, 0.2) is 24.3 Å². The van der Waals surface area contributed by atoms with Crippen LogP contribution in [-0.2, 0) is 0 Å². The van der Waals surface area contributed by atoms with Gasteiger partial charge in [0.1, 0.15) is 11.5 Å². The van der Waals surface area contributed by atoms with Gasteiger partial charge in [-0.1, -0.05) is 23.2 Å². The van der Waals surface area contributed by atoms with Crippen LogP contribution in [0.25, 0.3) is 0 Å². The first kappa shape index (κ1) is 16.7. The van der Waals surface area contributed by atoms with Crippen LogP contribution < -0.4 is 9.47 Å². The Labute approximate surface area is 139 Å². The van der Waals surface area contributed by atoms with E-state index in [-0.39, 0.29) is 5.78 Å². The standard InChI is InChI=1S/C17H16Cl2O3/c1-9-5-11(18)7-13(16(9)21-3)15(20)14-8-12(19)6-10(2)17(14)22-4/h5-8H,1-4H3. The van der Waals surface area contributed by atoms with Gasteiger partial charge < -0.3 is 9.47 Å². The first-order valence-electron chi connectivity index (χ1n) is 6.62. The molecule has 3 nitrogen and oxygen atoms in total. The van der Waals surface area contributed by atoms with Crippen LogP contribution in [0.2, 0.25) is 10.0 Å². The minimum Gasteiger partial charge on any atom is -0.496 e. The summed E-state index contributed by atoms with van der Waals surface area (Å²) in [4.78, 5) is 12.9. The molecule has 0 aliphatic rings. The van der Waals surface area contributed by atoms with E-state index in [1.807, 2.05) is 13.8 Å². The number of aryl methyl sites for hydroxylation is 2. The minimum absolute atomic E-state index is 0.245. The van der Waals surface area contributed by atoms with Crippen LogP contribution in [0.4, 0.5) is 0 Å². The summed E-state index contributed by atoms with van der Waals surface area (Å²) in [7, 11) is 3.04. The molecule has 2 aromatic carbocycles. The maximum absolute atomic E-state index is 12.9. The van der Waals surface area contributed by atoms with Crippen molar-refractivity contribution in [1.82, 2.24) is 0 Å². The van der Waals surface area contributed by atoms with Crippen molar-refractivity contribution in [3.63, 3.8) is 0 Å². The van der Waals surface area contributed by atoms with Crippen molar-refractivity contribution in [2.45, 2.75) is 13.8 Å². The quantitative estimate of drug-likeness (QED) is 0.747. The van der Waals surface area contributed by atoms with Gasteiger partial charge in [0.2, 0.25) is 5.78 Å². The highest BCUT2D eigenvalue weighted by Gasteiger charge is 2.22. The number of rotatable bonds is 4. The van der Waals surface area contributed by atoms with Gasteiger partial charge in [-0.05, 0) is 49.2 Å². The molecule has 0 N–H and O–H groups in total. The molecule has 0 saturated carbocycles. The van der Waals surface area contributed by atoms with E-state index < -0.39 is 0 Å². The van der Waals surface area contributed by atoms with E-state index in [0.717, 1.165) is 11.1 Å². The van der Waals surface area contributed by atoms with Crippen molar-refractivity contribution in [3.05, 3.63) is 56.6 Å². The Kier molecular flexibility index (Phi) is 4.99. The van der Waals surface area contributed by atoms with Crippen LogP contribution in [-0.4, -0.2) is 20.0 Å². The maximum Gasteiger partial charge on any atom is 0.200 e. The van der Waals surface area contributed by atoms with E-state index in [2.05, 4.69) is 0 Å². The molecule has 2 aromatic rings. The third kappa shape index (κ3) is 3.06. The first-order valence-corrected chi connectivity index (χ1v) is 7.37. The second-order valence-corrected chi connectivity index (χ2v) is 5.81. The monoisotopic (exact) mass is 338 g/mol. The van der Waals surface area contributed by atoms with E-state index >= 15 is 0 Å². The molecule has 0 spiro atoms. The number of benzene rings is 2. The molecular formula is C17H16Cl2O3. The molecule has 0 bridgehead atoms. The number of methoxy groups -OCH3 is 2. The zero-order valence-corrected chi connectivity index (χ0v) is 14.3. The van der Waals surface area contributed by atoms with Gasteiger partial charge in [-0.15, -0.1) is 0 Å². The average molecular weight is 339 g/mol. The molecule has 0 unspecified atom stereocenters. The predicted octanol–water partition coefficient (Wildman–Crippen LogP) is 4.86. The van der Waals surface area contributed by atoms with Gasteiger partial charge >= 0.3 is 0 Å². The molecule has 2 rings (SSSR count). The molecule has 0 saturated heterocycles. The maximum atomic E-state index is 12.9. The topological polar surface area (TPSA) is 35.5 Å². The van der Waals surface area contributed by atoms with Crippen molar-refractivity contribution in [1.29, 1.82) is 0 Å². The zero-order valence-electron chi connectivity index (χ0n) is 12.8. The number of hydrogen-bond acceptors (Lipinski definition) is 3. The summed E-state index contributed by atoms with van der Waals surface area (Å²) in [6.45, 7) is 3.67. The molecule has 5 heteroatoms. The Morgan fingerprint density at radius 3 is 1.50 bits per heavy atom. The third-order valence-corrected chi connectivity index (χ3v) is 3.81. The summed E-state index contributed by atoms with van der Waals surface area (Å²) in [5.74, 6) is 0.744. The summed E-state index contributed by atoms with van der Waals surface area (Å²) in [6.07, 6.45) is 0. The van der Waals surface area contributed by atoms with Crippen LogP contribution in [0.5, 0.6) is 11.5 Å². The number of carbonyl (C=O) groups excluding carboxylic acids is 1. The molecular weight excluding hydrogens is 323 g/mol. The Balaban J connectivity index is 2.68. The summed E-state index contributed by atoms with van der Waals surface area (Å²) < 4.78 is 10.7. The highest BCUT2D eigenvalue weighted by molar-refractivity contribution is 6.32. The lowest BCUT2D eigenvalue weighted by atomic mass is 9.98. The average Bonchev–Trinajstić information content (AvgIpc) is 2.45. The van der Waals surface area contributed by atoms with Crippen LogP contribution in [0, 0.1) is 13.8 Å². The summed E-state index contributed by atoms with van der Waals surface area (Å²) in [5.41, 5.74) is 2.34. The SMILES string of the molecule is COc1c(C)cc(Cl)cc1C(=O)c1cc(Cl)cc(C)c1OC. The molecule has 0 aliphatic heterocycles. The second-order valence-electron chi connectivity index (χ2n) is 4.94. The number of carbonyl (C=O) groups is 1. The summed E-state index contributed by atoms with van der Waals surface area (Å²) in [5, 5.41) is 0.943.